The molecule has 10 N–H and O–H groups in total. The number of hydrogen-bond acceptors (Lipinski definition) is 6. The van der Waals surface area contributed by atoms with Gasteiger partial charge < -0.3 is 32.4 Å². The third-order valence-corrected chi connectivity index (χ3v) is 8.73. The summed E-state index contributed by atoms with van der Waals surface area (Å²) in [5.41, 5.74) is 20.3. The van der Waals surface area contributed by atoms with Crippen LogP contribution in [-0.2, 0) is 17.4 Å². The summed E-state index contributed by atoms with van der Waals surface area (Å²) in [6.45, 7) is 15.2. The number of fused-ring (bicyclic) bond motifs is 1. The monoisotopic (exact) mass is 723 g/mol. The molecule has 0 aliphatic carbocycles. The van der Waals surface area contributed by atoms with Crippen molar-refractivity contribution in [1.29, 1.82) is 5.41 Å². The molecule has 1 fully saturated rings. The van der Waals surface area contributed by atoms with Crippen molar-refractivity contribution < 1.29 is 13.2 Å². The molecule has 0 spiro atoms. The second kappa shape index (κ2) is 16.2. The van der Waals surface area contributed by atoms with E-state index in [2.05, 4.69) is 52.4 Å². The third-order valence-electron chi connectivity index (χ3n) is 8.73. The molecule has 0 bridgehead atoms. The molecule has 12 nitrogen and oxygen atoms in total. The summed E-state index contributed by atoms with van der Waals surface area (Å²) in [6, 6.07) is 14.5. The quantitative estimate of drug-likeness (QED) is 0.0706. The van der Waals surface area contributed by atoms with Crippen molar-refractivity contribution in [3.05, 3.63) is 93.7 Å². The minimum absolute atomic E-state index is 0.0352. The van der Waals surface area contributed by atoms with Crippen molar-refractivity contribution in [3.63, 3.8) is 0 Å². The van der Waals surface area contributed by atoms with Crippen molar-refractivity contribution >= 4 is 23.0 Å². The molecular formula is C37H52F3N11O. The summed E-state index contributed by atoms with van der Waals surface area (Å²) in [5.74, 6) is 0.0129. The second-order valence-electron chi connectivity index (χ2n) is 15.1. The van der Waals surface area contributed by atoms with Crippen LogP contribution in [-0.4, -0.2) is 69.8 Å². The Morgan fingerprint density at radius 2 is 1.63 bits per heavy atom. The molecule has 52 heavy (non-hydrogen) atoms. The lowest BCUT2D eigenvalue weighted by atomic mass is 9.86. The highest BCUT2D eigenvalue weighted by Gasteiger charge is 2.43. The van der Waals surface area contributed by atoms with Gasteiger partial charge in [0.05, 0.1) is 5.69 Å². The van der Waals surface area contributed by atoms with Crippen LogP contribution in [0.5, 0.6) is 0 Å². The molecular weight excluding hydrogens is 671 g/mol. The molecule has 0 amide bonds. The first-order valence-electron chi connectivity index (χ1n) is 17.2. The predicted molar refractivity (Wildman–Crippen MR) is 202 cm³/mol. The lowest BCUT2D eigenvalue weighted by molar-refractivity contribution is -0.161. The third kappa shape index (κ3) is 10.8. The summed E-state index contributed by atoms with van der Waals surface area (Å²) in [7, 11) is 0. The van der Waals surface area contributed by atoms with E-state index >= 15 is 0 Å². The van der Waals surface area contributed by atoms with Crippen molar-refractivity contribution in [1.82, 2.24) is 30.1 Å². The number of aromatic amines is 1. The SMILES string of the molecule is CC(C)(C)c1cc2cn(-c3ccc(CNCCCN=C(N)N)cc3)c(=O)nc2[nH]1.CC(C)(C)c1ccc(C(NC2CN(C(=N)N)C2)C(F)(F)F)cc1. The summed E-state index contributed by atoms with van der Waals surface area (Å²) < 4.78 is 41.7. The molecule has 3 heterocycles. The Bertz CT molecular complexity index is 1870. The highest BCUT2D eigenvalue weighted by molar-refractivity contribution is 5.76. The summed E-state index contributed by atoms with van der Waals surface area (Å²) in [5, 5.41) is 14.1. The van der Waals surface area contributed by atoms with Gasteiger partial charge in [0.15, 0.2) is 11.9 Å². The first-order valence-corrected chi connectivity index (χ1v) is 17.2. The number of guanidine groups is 2. The number of nitrogens with zero attached hydrogens (tertiary/aromatic N) is 4. The number of benzene rings is 2. The van der Waals surface area contributed by atoms with Gasteiger partial charge in [-0.15, -0.1) is 0 Å². The summed E-state index contributed by atoms with van der Waals surface area (Å²) in [6.07, 6.45) is -1.67. The van der Waals surface area contributed by atoms with E-state index in [1.54, 1.807) is 16.7 Å². The Kier molecular flexibility index (Phi) is 12.4. The number of nitrogens with two attached hydrogens (primary N) is 3. The highest BCUT2D eigenvalue weighted by Crippen LogP contribution is 2.35. The van der Waals surface area contributed by atoms with Crippen LogP contribution < -0.4 is 33.5 Å². The fourth-order valence-electron chi connectivity index (χ4n) is 5.57. The van der Waals surface area contributed by atoms with Crippen molar-refractivity contribution in [3.8, 4) is 5.69 Å². The molecule has 1 unspecified atom stereocenters. The van der Waals surface area contributed by atoms with Crippen LogP contribution in [0.15, 0.2) is 70.6 Å². The standard InChI is InChI=1S/C21H29N7O.C16H23F3N4/c1-21(2,3)17-11-15-13-28(20(29)27-18(15)26-17)16-7-5-14(6-8-16)12-24-9-4-10-25-19(22)23;1-15(2,3)11-6-4-10(5-7-11)13(16(17,18)19)22-12-8-23(9-12)14(20)21/h5-8,11,13,24H,4,9-10,12H2,1-3H3,(H4,22,23,25)(H,26,27,29);4-7,12-13,22H,8-9H2,1-3H3,(H3,20,21). The predicted octanol–water partition coefficient (Wildman–Crippen LogP) is 4.52. The van der Waals surface area contributed by atoms with Gasteiger partial charge in [-0.2, -0.15) is 18.2 Å². The van der Waals surface area contributed by atoms with Gasteiger partial charge in [0.1, 0.15) is 11.7 Å². The van der Waals surface area contributed by atoms with Crippen LogP contribution in [0.1, 0.15) is 76.4 Å². The molecule has 5 rings (SSSR count). The van der Waals surface area contributed by atoms with E-state index in [0.29, 0.717) is 25.3 Å². The van der Waals surface area contributed by atoms with Gasteiger partial charge in [0.25, 0.3) is 0 Å². The zero-order chi connectivity index (χ0) is 38.4. The van der Waals surface area contributed by atoms with Gasteiger partial charge in [0, 0.05) is 54.9 Å². The lowest BCUT2D eigenvalue weighted by Crippen LogP contribution is -2.62. The largest absolute Gasteiger partial charge is 0.407 e. The number of rotatable bonds is 10. The highest BCUT2D eigenvalue weighted by atomic mass is 19.4. The van der Waals surface area contributed by atoms with E-state index in [1.165, 1.54) is 17.0 Å². The van der Waals surface area contributed by atoms with Gasteiger partial charge in [-0.05, 0) is 53.3 Å². The van der Waals surface area contributed by atoms with Gasteiger partial charge in [-0.25, -0.2) is 4.79 Å². The zero-order valence-corrected chi connectivity index (χ0v) is 30.7. The smallest absolute Gasteiger partial charge is 0.370 e. The fraction of sp³-hybridized carbons (Fsp3) is 0.459. The average Bonchev–Trinajstić information content (AvgIpc) is 3.45. The van der Waals surface area contributed by atoms with Crippen molar-refractivity contribution in [2.45, 2.75) is 83.6 Å². The molecule has 282 valence electrons. The first-order chi connectivity index (χ1) is 24.2. The van der Waals surface area contributed by atoms with Crippen molar-refractivity contribution in [2.75, 3.05) is 26.2 Å². The number of aromatic nitrogens is 3. The topological polar surface area (TPSA) is 192 Å². The molecule has 0 radical (unpaired) electrons. The molecule has 2 aromatic carbocycles. The molecule has 1 atom stereocenters. The van der Waals surface area contributed by atoms with Gasteiger partial charge in [-0.1, -0.05) is 77.9 Å². The number of hydrogen-bond donors (Lipinski definition) is 7. The maximum absolute atomic E-state index is 13.4. The Balaban J connectivity index is 0.000000239. The Labute approximate surface area is 302 Å². The number of aliphatic imine (C=N–C) groups is 1. The molecule has 1 aliphatic rings. The average molecular weight is 724 g/mol. The van der Waals surface area contributed by atoms with Crippen LogP contribution in [0.25, 0.3) is 16.7 Å². The number of halogens is 3. The summed E-state index contributed by atoms with van der Waals surface area (Å²) >= 11 is 0. The van der Waals surface area contributed by atoms with Gasteiger partial charge in [-0.3, -0.25) is 20.3 Å². The maximum Gasteiger partial charge on any atom is 0.407 e. The van der Waals surface area contributed by atoms with Crippen LogP contribution in [0.3, 0.4) is 0 Å². The molecule has 1 aliphatic heterocycles. The Hall–Kier alpha value is -4.89. The van der Waals surface area contributed by atoms with E-state index in [9.17, 15) is 18.0 Å². The molecule has 0 saturated carbocycles. The number of H-pyrrole nitrogens is 1. The molecule has 15 heteroatoms. The Morgan fingerprint density at radius 1 is 1.00 bits per heavy atom. The van der Waals surface area contributed by atoms with E-state index in [-0.39, 0.29) is 40.0 Å². The number of alkyl halides is 3. The summed E-state index contributed by atoms with van der Waals surface area (Å²) in [4.78, 5) is 25.4. The lowest BCUT2D eigenvalue weighted by Gasteiger charge is -2.42. The van der Waals surface area contributed by atoms with Gasteiger partial charge >= 0.3 is 11.9 Å². The van der Waals surface area contributed by atoms with E-state index in [1.807, 2.05) is 51.2 Å². The van der Waals surface area contributed by atoms with Crippen molar-refractivity contribution in [2.24, 2.45) is 22.2 Å². The molecule has 1 saturated heterocycles. The maximum atomic E-state index is 13.4. The van der Waals surface area contributed by atoms with Crippen LogP contribution >= 0.6 is 0 Å². The number of likely N-dealkylation sites (tertiary alicyclic amines) is 1. The van der Waals surface area contributed by atoms with Crippen LogP contribution in [0.2, 0.25) is 0 Å². The fourth-order valence-corrected chi connectivity index (χ4v) is 5.57. The van der Waals surface area contributed by atoms with Gasteiger partial charge in [0.2, 0.25) is 0 Å². The molecule has 4 aromatic rings. The second-order valence-corrected chi connectivity index (χ2v) is 15.1. The van der Waals surface area contributed by atoms with E-state index in [4.69, 9.17) is 22.6 Å². The van der Waals surface area contributed by atoms with Crippen LogP contribution in [0.4, 0.5) is 13.2 Å². The number of nitrogens with one attached hydrogen (secondary N) is 4. The minimum atomic E-state index is -4.38. The normalized spacial score (nSPS) is 14.4. The zero-order valence-electron chi connectivity index (χ0n) is 30.7. The van der Waals surface area contributed by atoms with E-state index < -0.39 is 12.2 Å². The van der Waals surface area contributed by atoms with Crippen LogP contribution in [0, 0.1) is 5.41 Å². The first kappa shape index (κ1) is 39.9. The van der Waals surface area contributed by atoms with E-state index in [0.717, 1.165) is 47.4 Å². The minimum Gasteiger partial charge on any atom is -0.370 e. The Morgan fingerprint density at radius 3 is 2.17 bits per heavy atom. The molecule has 2 aromatic heterocycles.